The number of amides is 1. The van der Waals surface area contributed by atoms with E-state index in [1.54, 1.807) is 35.6 Å². The summed E-state index contributed by atoms with van der Waals surface area (Å²) < 4.78 is 0. The molecule has 0 saturated carbocycles. The first-order valence-corrected chi connectivity index (χ1v) is 9.03. The van der Waals surface area contributed by atoms with Gasteiger partial charge in [0, 0.05) is 22.7 Å². The fourth-order valence-corrected chi connectivity index (χ4v) is 4.25. The number of carbonyl (C=O) groups excluding carboxylic acids is 1. The van der Waals surface area contributed by atoms with E-state index in [1.807, 2.05) is 29.2 Å². The number of nitrogen functional groups attached to an aromatic ring is 1. The van der Waals surface area contributed by atoms with E-state index in [-0.39, 0.29) is 17.7 Å². The van der Waals surface area contributed by atoms with Gasteiger partial charge in [-0.15, -0.1) is 11.3 Å². The molecule has 4 nitrogen and oxygen atoms in total. The van der Waals surface area contributed by atoms with Gasteiger partial charge in [-0.1, -0.05) is 12.1 Å². The molecule has 0 saturated heterocycles. The third-order valence-electron chi connectivity index (χ3n) is 4.59. The van der Waals surface area contributed by atoms with Gasteiger partial charge in [-0.2, -0.15) is 0 Å². The molecule has 1 aliphatic rings. The molecule has 1 unspecified atom stereocenters. The number of hydrogen-bond donors (Lipinski definition) is 2. The molecule has 0 bridgehead atoms. The first kappa shape index (κ1) is 15.7. The zero-order valence-electron chi connectivity index (χ0n) is 13.6. The predicted molar refractivity (Wildman–Crippen MR) is 99.9 cm³/mol. The monoisotopic (exact) mass is 350 g/mol. The van der Waals surface area contributed by atoms with Crippen molar-refractivity contribution in [2.75, 3.05) is 12.3 Å². The quantitative estimate of drug-likeness (QED) is 0.691. The van der Waals surface area contributed by atoms with Crippen molar-refractivity contribution >= 4 is 22.9 Å². The second kappa shape index (κ2) is 6.26. The van der Waals surface area contributed by atoms with Crippen molar-refractivity contribution in [3.05, 3.63) is 81.5 Å². The number of fused-ring (bicyclic) bond motifs is 1. The molecule has 0 aliphatic carbocycles. The minimum absolute atomic E-state index is 0.0290. The largest absolute Gasteiger partial charge is 0.508 e. The van der Waals surface area contributed by atoms with Crippen molar-refractivity contribution in [3.63, 3.8) is 0 Å². The van der Waals surface area contributed by atoms with Crippen molar-refractivity contribution in [2.45, 2.75) is 12.5 Å². The van der Waals surface area contributed by atoms with E-state index < -0.39 is 0 Å². The lowest BCUT2D eigenvalue weighted by molar-refractivity contribution is 0.0696. The van der Waals surface area contributed by atoms with Crippen LogP contribution in [0.4, 0.5) is 5.69 Å². The van der Waals surface area contributed by atoms with E-state index >= 15 is 0 Å². The second-order valence-electron chi connectivity index (χ2n) is 6.16. The van der Waals surface area contributed by atoms with Crippen LogP contribution in [0, 0.1) is 0 Å². The number of hydrogen-bond acceptors (Lipinski definition) is 4. The molecule has 1 aromatic heterocycles. The van der Waals surface area contributed by atoms with Crippen molar-refractivity contribution < 1.29 is 9.90 Å². The Kier molecular flexibility index (Phi) is 3.93. The number of thiophene rings is 1. The Hall–Kier alpha value is -2.79. The first-order chi connectivity index (χ1) is 12.1. The summed E-state index contributed by atoms with van der Waals surface area (Å²) in [6.45, 7) is 0.669. The highest BCUT2D eigenvalue weighted by Crippen LogP contribution is 2.38. The third-order valence-corrected chi connectivity index (χ3v) is 5.59. The normalized spacial score (nSPS) is 16.5. The summed E-state index contributed by atoms with van der Waals surface area (Å²) in [5.74, 6) is 0.129. The number of carbonyl (C=O) groups is 1. The standard InChI is InChI=1S/C20H18N2O2S/c21-15-5-1-13(2-6-15)19-17-10-12-25-18(17)9-11-22(19)20(24)14-3-7-16(23)8-4-14/h1-8,10,12,19,23H,9,11,21H2. The van der Waals surface area contributed by atoms with Gasteiger partial charge in [0.15, 0.2) is 0 Å². The maximum absolute atomic E-state index is 13.1. The summed E-state index contributed by atoms with van der Waals surface area (Å²) in [4.78, 5) is 16.4. The van der Waals surface area contributed by atoms with E-state index in [0.29, 0.717) is 17.8 Å². The van der Waals surface area contributed by atoms with Crippen molar-refractivity contribution in [1.29, 1.82) is 0 Å². The topological polar surface area (TPSA) is 66.6 Å². The van der Waals surface area contributed by atoms with Gasteiger partial charge in [0.2, 0.25) is 0 Å². The zero-order chi connectivity index (χ0) is 17.4. The van der Waals surface area contributed by atoms with Crippen LogP contribution in [0.1, 0.15) is 32.4 Å². The van der Waals surface area contributed by atoms with Crippen LogP contribution in [0.2, 0.25) is 0 Å². The first-order valence-electron chi connectivity index (χ1n) is 8.15. The summed E-state index contributed by atoms with van der Waals surface area (Å²) in [6, 6.07) is 16.2. The van der Waals surface area contributed by atoms with Crippen LogP contribution in [-0.4, -0.2) is 22.5 Å². The Bertz CT molecular complexity index is 900. The molecule has 1 atom stereocenters. The molecule has 4 rings (SSSR count). The van der Waals surface area contributed by atoms with Gasteiger partial charge < -0.3 is 15.7 Å². The van der Waals surface area contributed by atoms with Gasteiger partial charge in [0.05, 0.1) is 6.04 Å². The van der Waals surface area contributed by atoms with Crippen molar-refractivity contribution in [2.24, 2.45) is 0 Å². The molecule has 3 aromatic rings. The molecule has 0 fully saturated rings. The van der Waals surface area contributed by atoms with Crippen LogP contribution in [0.15, 0.2) is 60.0 Å². The molecule has 0 radical (unpaired) electrons. The molecule has 5 heteroatoms. The molecule has 2 aromatic carbocycles. The number of aromatic hydroxyl groups is 1. The van der Waals surface area contributed by atoms with Crippen LogP contribution in [-0.2, 0) is 6.42 Å². The third kappa shape index (κ3) is 2.87. The number of phenols is 1. The Morgan fingerprint density at radius 1 is 1.08 bits per heavy atom. The number of benzene rings is 2. The Morgan fingerprint density at radius 2 is 1.80 bits per heavy atom. The molecule has 25 heavy (non-hydrogen) atoms. The van der Waals surface area contributed by atoms with Crippen molar-refractivity contribution in [3.8, 4) is 5.75 Å². The summed E-state index contributed by atoms with van der Waals surface area (Å²) in [6.07, 6.45) is 0.863. The summed E-state index contributed by atoms with van der Waals surface area (Å²) in [7, 11) is 0. The van der Waals surface area contributed by atoms with E-state index in [9.17, 15) is 9.90 Å². The lowest BCUT2D eigenvalue weighted by atomic mass is 9.92. The number of nitrogens with zero attached hydrogens (tertiary/aromatic N) is 1. The summed E-state index contributed by atoms with van der Waals surface area (Å²) in [5, 5.41) is 11.6. The lowest BCUT2D eigenvalue weighted by Crippen LogP contribution is -2.40. The molecule has 1 amide bonds. The average Bonchev–Trinajstić information content (AvgIpc) is 3.10. The number of rotatable bonds is 2. The van der Waals surface area contributed by atoms with Crippen LogP contribution < -0.4 is 5.73 Å². The van der Waals surface area contributed by atoms with Gasteiger partial charge in [-0.25, -0.2) is 0 Å². The zero-order valence-corrected chi connectivity index (χ0v) is 14.4. The highest BCUT2D eigenvalue weighted by molar-refractivity contribution is 7.10. The Labute approximate surface area is 150 Å². The lowest BCUT2D eigenvalue weighted by Gasteiger charge is -2.36. The smallest absolute Gasteiger partial charge is 0.254 e. The Morgan fingerprint density at radius 3 is 2.52 bits per heavy atom. The fourth-order valence-electron chi connectivity index (χ4n) is 3.34. The summed E-state index contributed by atoms with van der Waals surface area (Å²) in [5.41, 5.74) is 9.36. The van der Waals surface area contributed by atoms with Crippen LogP contribution in [0.5, 0.6) is 5.75 Å². The van der Waals surface area contributed by atoms with Gasteiger partial charge in [-0.3, -0.25) is 4.79 Å². The SMILES string of the molecule is Nc1ccc(C2c3ccsc3CCN2C(=O)c2ccc(O)cc2)cc1. The molecule has 0 spiro atoms. The molecule has 1 aliphatic heterocycles. The van der Waals surface area contributed by atoms with E-state index in [1.165, 1.54) is 10.4 Å². The Balaban J connectivity index is 1.76. The minimum atomic E-state index is -0.114. The maximum atomic E-state index is 13.1. The average molecular weight is 350 g/mol. The van der Waals surface area contributed by atoms with E-state index in [4.69, 9.17) is 5.73 Å². The highest BCUT2D eigenvalue weighted by atomic mass is 32.1. The van der Waals surface area contributed by atoms with E-state index in [0.717, 1.165) is 12.0 Å². The van der Waals surface area contributed by atoms with Crippen LogP contribution in [0.3, 0.4) is 0 Å². The molecule has 2 heterocycles. The molecule has 3 N–H and O–H groups in total. The highest BCUT2D eigenvalue weighted by Gasteiger charge is 2.33. The second-order valence-corrected chi connectivity index (χ2v) is 7.16. The predicted octanol–water partition coefficient (Wildman–Crippen LogP) is 3.82. The number of phenolic OH excluding ortho intramolecular Hbond substituents is 1. The van der Waals surface area contributed by atoms with Crippen molar-refractivity contribution in [1.82, 2.24) is 4.90 Å². The molecular formula is C20H18N2O2S. The van der Waals surface area contributed by atoms with E-state index in [2.05, 4.69) is 11.4 Å². The minimum Gasteiger partial charge on any atom is -0.508 e. The maximum Gasteiger partial charge on any atom is 0.254 e. The van der Waals surface area contributed by atoms with Gasteiger partial charge >= 0.3 is 0 Å². The number of nitrogens with two attached hydrogens (primary N) is 1. The molecule has 126 valence electrons. The van der Waals surface area contributed by atoms with Crippen LogP contribution >= 0.6 is 11.3 Å². The van der Waals surface area contributed by atoms with Crippen LogP contribution in [0.25, 0.3) is 0 Å². The van der Waals surface area contributed by atoms with Gasteiger partial charge in [0.1, 0.15) is 5.75 Å². The molecular weight excluding hydrogens is 332 g/mol. The van der Waals surface area contributed by atoms with Gasteiger partial charge in [-0.05, 0) is 65.4 Å². The summed E-state index contributed by atoms with van der Waals surface area (Å²) >= 11 is 1.74. The fraction of sp³-hybridized carbons (Fsp3) is 0.150. The number of anilines is 1. The van der Waals surface area contributed by atoms with Gasteiger partial charge in [0.25, 0.3) is 5.91 Å².